The summed E-state index contributed by atoms with van der Waals surface area (Å²) < 4.78 is 8.54. The highest BCUT2D eigenvalue weighted by molar-refractivity contribution is 9.10. The lowest BCUT2D eigenvalue weighted by Crippen LogP contribution is -2.10. The van der Waals surface area contributed by atoms with Gasteiger partial charge in [0, 0.05) is 30.4 Å². The number of hydrogen-bond acceptors (Lipinski definition) is 3. The number of aryl methyl sites for hydroxylation is 2. The van der Waals surface area contributed by atoms with Crippen LogP contribution in [0.15, 0.2) is 28.9 Å². The van der Waals surface area contributed by atoms with Crippen LogP contribution >= 0.6 is 15.9 Å². The number of anilines is 1. The van der Waals surface area contributed by atoms with Crippen LogP contribution in [0.5, 0.6) is 0 Å². The largest absolute Gasteiger partial charge is 0.382 e. The molecule has 4 nitrogen and oxygen atoms in total. The highest BCUT2D eigenvalue weighted by Gasteiger charge is 2.10. The van der Waals surface area contributed by atoms with E-state index in [2.05, 4.69) is 55.9 Å². The monoisotopic (exact) mass is 351 g/mol. The molecule has 0 radical (unpaired) electrons. The van der Waals surface area contributed by atoms with Gasteiger partial charge < -0.3 is 10.1 Å². The van der Waals surface area contributed by atoms with Gasteiger partial charge in [0.25, 0.3) is 0 Å². The van der Waals surface area contributed by atoms with Gasteiger partial charge in [-0.1, -0.05) is 12.1 Å². The number of benzene rings is 1. The SMILES string of the molecule is CCOCCCNc1nc(C)cn1-c1cccc(C)c1Br. The first-order valence-corrected chi connectivity index (χ1v) is 8.06. The Labute approximate surface area is 134 Å². The summed E-state index contributed by atoms with van der Waals surface area (Å²) >= 11 is 3.67. The molecule has 0 aliphatic rings. The van der Waals surface area contributed by atoms with Crippen molar-refractivity contribution >= 4 is 21.9 Å². The number of halogens is 1. The fourth-order valence-corrected chi connectivity index (χ4v) is 2.60. The second-order valence-corrected chi connectivity index (χ2v) is 5.75. The van der Waals surface area contributed by atoms with Gasteiger partial charge in [0.05, 0.1) is 11.4 Å². The zero-order valence-electron chi connectivity index (χ0n) is 12.8. The summed E-state index contributed by atoms with van der Waals surface area (Å²) in [5.41, 5.74) is 3.31. The van der Waals surface area contributed by atoms with Gasteiger partial charge in [-0.15, -0.1) is 0 Å². The highest BCUT2D eigenvalue weighted by Crippen LogP contribution is 2.27. The fraction of sp³-hybridized carbons (Fsp3) is 0.438. The molecule has 114 valence electrons. The normalized spacial score (nSPS) is 10.9. The van der Waals surface area contributed by atoms with E-state index in [0.29, 0.717) is 0 Å². The molecular formula is C16H22BrN3O. The predicted octanol–water partition coefficient (Wildman–Crippen LogP) is 4.09. The summed E-state index contributed by atoms with van der Waals surface area (Å²) in [4.78, 5) is 4.57. The van der Waals surface area contributed by atoms with Crippen molar-refractivity contribution in [3.8, 4) is 5.69 Å². The van der Waals surface area contributed by atoms with Gasteiger partial charge in [-0.3, -0.25) is 4.57 Å². The van der Waals surface area contributed by atoms with Crippen LogP contribution in [0.25, 0.3) is 5.69 Å². The molecule has 0 saturated heterocycles. The van der Waals surface area contributed by atoms with E-state index in [4.69, 9.17) is 4.74 Å². The number of ether oxygens (including phenoxy) is 1. The molecular weight excluding hydrogens is 330 g/mol. The third-order valence-electron chi connectivity index (χ3n) is 3.21. The maximum Gasteiger partial charge on any atom is 0.207 e. The Kier molecular flexibility index (Phi) is 5.82. The Hall–Kier alpha value is -1.33. The van der Waals surface area contributed by atoms with Crippen LogP contribution in [-0.2, 0) is 4.74 Å². The van der Waals surface area contributed by atoms with E-state index in [1.165, 1.54) is 5.56 Å². The molecule has 2 aromatic rings. The Morgan fingerprint density at radius 2 is 2.14 bits per heavy atom. The van der Waals surface area contributed by atoms with Gasteiger partial charge in [0.15, 0.2) is 0 Å². The molecule has 0 amide bonds. The fourth-order valence-electron chi connectivity index (χ4n) is 2.14. The van der Waals surface area contributed by atoms with Crippen molar-refractivity contribution in [1.29, 1.82) is 0 Å². The van der Waals surface area contributed by atoms with Crippen molar-refractivity contribution in [2.45, 2.75) is 27.2 Å². The number of nitrogens with one attached hydrogen (secondary N) is 1. The van der Waals surface area contributed by atoms with Crippen LogP contribution in [0, 0.1) is 13.8 Å². The summed E-state index contributed by atoms with van der Waals surface area (Å²) in [5, 5.41) is 3.39. The van der Waals surface area contributed by atoms with Gasteiger partial charge in [0.2, 0.25) is 5.95 Å². The minimum atomic E-state index is 0.768. The minimum absolute atomic E-state index is 0.768. The second-order valence-electron chi connectivity index (χ2n) is 4.96. The topological polar surface area (TPSA) is 39.1 Å². The molecule has 21 heavy (non-hydrogen) atoms. The van der Waals surface area contributed by atoms with E-state index in [1.54, 1.807) is 0 Å². The van der Waals surface area contributed by atoms with E-state index in [9.17, 15) is 0 Å². The molecule has 0 aliphatic carbocycles. The van der Waals surface area contributed by atoms with Gasteiger partial charge >= 0.3 is 0 Å². The van der Waals surface area contributed by atoms with Crippen LogP contribution < -0.4 is 5.32 Å². The summed E-state index contributed by atoms with van der Waals surface area (Å²) in [6.45, 7) is 8.50. The molecule has 0 aliphatic heterocycles. The van der Waals surface area contributed by atoms with Crippen LogP contribution in [0.3, 0.4) is 0 Å². The predicted molar refractivity (Wildman–Crippen MR) is 90.3 cm³/mol. The summed E-state index contributed by atoms with van der Waals surface area (Å²) in [6.07, 6.45) is 3.01. The van der Waals surface area contributed by atoms with Gasteiger partial charge in [-0.2, -0.15) is 0 Å². The van der Waals surface area contributed by atoms with Gasteiger partial charge in [0.1, 0.15) is 0 Å². The van der Waals surface area contributed by atoms with Gasteiger partial charge in [-0.25, -0.2) is 4.98 Å². The molecule has 1 heterocycles. The van der Waals surface area contributed by atoms with Crippen LogP contribution in [-0.4, -0.2) is 29.3 Å². The van der Waals surface area contributed by atoms with E-state index in [1.807, 2.05) is 20.0 Å². The summed E-state index contributed by atoms with van der Waals surface area (Å²) in [6, 6.07) is 6.24. The van der Waals surface area contributed by atoms with Gasteiger partial charge in [-0.05, 0) is 54.8 Å². The van der Waals surface area contributed by atoms with Crippen LogP contribution in [0.2, 0.25) is 0 Å². The quantitative estimate of drug-likeness (QED) is 0.763. The molecule has 2 rings (SSSR count). The van der Waals surface area contributed by atoms with Crippen molar-refractivity contribution in [2.75, 3.05) is 25.1 Å². The van der Waals surface area contributed by atoms with Crippen molar-refractivity contribution < 1.29 is 4.74 Å². The zero-order valence-corrected chi connectivity index (χ0v) is 14.4. The molecule has 0 unspecified atom stereocenters. The Balaban J connectivity index is 2.15. The smallest absolute Gasteiger partial charge is 0.207 e. The second kappa shape index (κ2) is 7.61. The molecule has 0 bridgehead atoms. The molecule has 0 fully saturated rings. The summed E-state index contributed by atoms with van der Waals surface area (Å²) in [5.74, 6) is 0.871. The Morgan fingerprint density at radius 3 is 2.90 bits per heavy atom. The molecule has 1 aromatic heterocycles. The standard InChI is InChI=1S/C16H22BrN3O/c1-4-21-10-6-9-18-16-19-13(3)11-20(16)14-8-5-7-12(2)15(14)17/h5,7-8,11H,4,6,9-10H2,1-3H3,(H,18,19). The first-order valence-electron chi connectivity index (χ1n) is 7.26. The van der Waals surface area contributed by atoms with Crippen molar-refractivity contribution in [3.63, 3.8) is 0 Å². The first kappa shape index (κ1) is 16.0. The lowest BCUT2D eigenvalue weighted by Gasteiger charge is -2.12. The third-order valence-corrected chi connectivity index (χ3v) is 4.24. The maximum absolute atomic E-state index is 5.35. The third kappa shape index (κ3) is 4.08. The summed E-state index contributed by atoms with van der Waals surface area (Å²) in [7, 11) is 0. The van der Waals surface area contributed by atoms with Crippen molar-refractivity contribution in [1.82, 2.24) is 9.55 Å². The molecule has 5 heteroatoms. The average Bonchev–Trinajstić information content (AvgIpc) is 2.82. The van der Waals surface area contributed by atoms with Crippen molar-refractivity contribution in [2.24, 2.45) is 0 Å². The Bertz CT molecular complexity index is 595. The molecule has 0 saturated carbocycles. The maximum atomic E-state index is 5.35. The zero-order chi connectivity index (χ0) is 15.2. The Morgan fingerprint density at radius 1 is 1.33 bits per heavy atom. The number of aromatic nitrogens is 2. The number of nitrogens with zero attached hydrogens (tertiary/aromatic N) is 2. The van der Waals surface area contributed by atoms with E-state index >= 15 is 0 Å². The average molecular weight is 352 g/mol. The number of hydrogen-bond donors (Lipinski definition) is 1. The first-order chi connectivity index (χ1) is 10.1. The lowest BCUT2D eigenvalue weighted by atomic mass is 10.2. The van der Waals surface area contributed by atoms with E-state index < -0.39 is 0 Å². The van der Waals surface area contributed by atoms with Crippen LogP contribution in [0.1, 0.15) is 24.6 Å². The molecule has 1 aromatic carbocycles. The molecule has 0 spiro atoms. The highest BCUT2D eigenvalue weighted by atomic mass is 79.9. The number of rotatable bonds is 7. The van der Waals surface area contributed by atoms with E-state index in [-0.39, 0.29) is 0 Å². The molecule has 1 N–H and O–H groups in total. The molecule has 0 atom stereocenters. The van der Waals surface area contributed by atoms with Crippen LogP contribution in [0.4, 0.5) is 5.95 Å². The minimum Gasteiger partial charge on any atom is -0.382 e. The lowest BCUT2D eigenvalue weighted by molar-refractivity contribution is 0.147. The van der Waals surface area contributed by atoms with Crippen molar-refractivity contribution in [3.05, 3.63) is 40.1 Å². The van der Waals surface area contributed by atoms with E-state index in [0.717, 1.165) is 48.0 Å². The number of imidazole rings is 1.